The van der Waals surface area contributed by atoms with Crippen molar-refractivity contribution >= 4 is 17.9 Å². The minimum absolute atomic E-state index is 0.0180. The Labute approximate surface area is 54.1 Å². The Morgan fingerprint density at radius 1 is 1.44 bits per heavy atom. The standard InChI is InChI=1S/C4H2ClF3O/c5-3(1-2-9)4(6,7)8/h1-2H. The number of halogens is 4. The van der Waals surface area contributed by atoms with E-state index >= 15 is 0 Å². The molecular formula is C4H2ClF3O. The van der Waals surface area contributed by atoms with Crippen LogP contribution in [0.15, 0.2) is 11.1 Å². The third kappa shape index (κ3) is 3.13. The Bertz CT molecular complexity index is 137. The molecule has 0 amide bonds. The second-order valence-corrected chi connectivity index (χ2v) is 1.56. The van der Waals surface area contributed by atoms with Crippen molar-refractivity contribution in [3.63, 3.8) is 0 Å². The van der Waals surface area contributed by atoms with Gasteiger partial charge < -0.3 is 0 Å². The number of hydrogen-bond acceptors (Lipinski definition) is 1. The average molecular weight is 159 g/mol. The highest BCUT2D eigenvalue weighted by atomic mass is 35.5. The van der Waals surface area contributed by atoms with E-state index in [1.54, 1.807) is 0 Å². The van der Waals surface area contributed by atoms with Gasteiger partial charge in [0.1, 0.15) is 11.3 Å². The van der Waals surface area contributed by atoms with Crippen LogP contribution in [-0.4, -0.2) is 12.5 Å². The molecule has 0 atom stereocenters. The first-order chi connectivity index (χ1) is 3.98. The molecule has 0 unspecified atom stereocenters. The predicted octanol–water partition coefficient (Wildman–Crippen LogP) is 1.87. The zero-order valence-electron chi connectivity index (χ0n) is 4.07. The van der Waals surface area contributed by atoms with Gasteiger partial charge in [-0.2, -0.15) is 13.2 Å². The van der Waals surface area contributed by atoms with Crippen molar-refractivity contribution in [3.8, 4) is 0 Å². The maximum absolute atomic E-state index is 11.3. The summed E-state index contributed by atoms with van der Waals surface area (Å²) >= 11 is 4.56. The lowest BCUT2D eigenvalue weighted by Gasteiger charge is -2.00. The summed E-state index contributed by atoms with van der Waals surface area (Å²) in [4.78, 5) is 9.40. The fraction of sp³-hybridized carbons (Fsp3) is 0.250. The number of alkyl halides is 3. The Hall–Kier alpha value is -0.510. The fourth-order valence-corrected chi connectivity index (χ4v) is 0.206. The molecule has 0 aliphatic heterocycles. The fourth-order valence-electron chi connectivity index (χ4n) is 0.154. The summed E-state index contributed by atoms with van der Waals surface area (Å²) in [6.07, 6.45) is -4.36. The van der Waals surface area contributed by atoms with Gasteiger partial charge in [0.25, 0.3) is 0 Å². The molecule has 0 aliphatic carbocycles. The van der Waals surface area contributed by atoms with Gasteiger partial charge in [0.15, 0.2) is 0 Å². The normalized spacial score (nSPS) is 13.6. The van der Waals surface area contributed by atoms with E-state index in [9.17, 15) is 18.0 Å². The minimum Gasteiger partial charge on any atom is -0.299 e. The highest BCUT2D eigenvalue weighted by molar-refractivity contribution is 6.31. The van der Waals surface area contributed by atoms with Crippen LogP contribution in [-0.2, 0) is 4.79 Å². The zero-order valence-corrected chi connectivity index (χ0v) is 4.83. The van der Waals surface area contributed by atoms with E-state index in [2.05, 4.69) is 11.6 Å². The smallest absolute Gasteiger partial charge is 0.299 e. The molecule has 0 aliphatic rings. The number of carbonyl (C=O) groups is 1. The number of aldehydes is 1. The molecule has 0 N–H and O–H groups in total. The molecule has 0 spiro atoms. The first-order valence-corrected chi connectivity index (χ1v) is 2.24. The number of carbonyl (C=O) groups excluding carboxylic acids is 1. The number of hydrogen-bond donors (Lipinski definition) is 0. The summed E-state index contributed by atoms with van der Waals surface area (Å²) in [6.45, 7) is 0. The van der Waals surface area contributed by atoms with E-state index in [1.165, 1.54) is 0 Å². The molecular weight excluding hydrogens is 156 g/mol. The first kappa shape index (κ1) is 8.49. The Balaban J connectivity index is 4.19. The minimum atomic E-state index is -4.59. The molecule has 0 bridgehead atoms. The van der Waals surface area contributed by atoms with Crippen LogP contribution in [0.4, 0.5) is 13.2 Å². The Morgan fingerprint density at radius 3 is 2.00 bits per heavy atom. The number of rotatable bonds is 1. The van der Waals surface area contributed by atoms with Crippen LogP contribution in [0.2, 0.25) is 0 Å². The van der Waals surface area contributed by atoms with Crippen LogP contribution in [0.1, 0.15) is 0 Å². The van der Waals surface area contributed by atoms with Crippen molar-refractivity contribution in [2.75, 3.05) is 0 Å². The molecule has 0 aromatic carbocycles. The van der Waals surface area contributed by atoms with E-state index in [0.717, 1.165) is 0 Å². The predicted molar refractivity (Wildman–Crippen MR) is 26.1 cm³/mol. The van der Waals surface area contributed by atoms with Crippen LogP contribution in [0, 0.1) is 0 Å². The summed E-state index contributed by atoms with van der Waals surface area (Å²) in [5.41, 5.74) is 0. The second kappa shape index (κ2) is 2.87. The lowest BCUT2D eigenvalue weighted by Crippen LogP contribution is -2.06. The van der Waals surface area contributed by atoms with E-state index in [4.69, 9.17) is 0 Å². The molecule has 0 heterocycles. The maximum atomic E-state index is 11.3. The third-order valence-corrected chi connectivity index (χ3v) is 0.825. The van der Waals surface area contributed by atoms with E-state index in [1.807, 2.05) is 0 Å². The third-order valence-electron chi connectivity index (χ3n) is 0.485. The quantitative estimate of drug-likeness (QED) is 0.421. The Kier molecular flexibility index (Phi) is 2.70. The molecule has 1 nitrogen and oxygen atoms in total. The number of allylic oxidation sites excluding steroid dienone is 2. The van der Waals surface area contributed by atoms with Gasteiger partial charge in [-0.3, -0.25) is 4.79 Å². The lowest BCUT2D eigenvalue weighted by molar-refractivity contribution is -0.105. The van der Waals surface area contributed by atoms with Crippen molar-refractivity contribution in [1.82, 2.24) is 0 Å². The maximum Gasteiger partial charge on any atom is 0.427 e. The van der Waals surface area contributed by atoms with Crippen molar-refractivity contribution < 1.29 is 18.0 Å². The second-order valence-electron chi connectivity index (χ2n) is 1.15. The first-order valence-electron chi connectivity index (χ1n) is 1.86. The van der Waals surface area contributed by atoms with Crippen LogP contribution in [0.5, 0.6) is 0 Å². The van der Waals surface area contributed by atoms with Crippen LogP contribution in [0.3, 0.4) is 0 Å². The highest BCUT2D eigenvalue weighted by Gasteiger charge is 2.31. The summed E-state index contributed by atoms with van der Waals surface area (Å²) in [7, 11) is 0. The van der Waals surface area contributed by atoms with Crippen molar-refractivity contribution in [2.45, 2.75) is 6.18 Å². The van der Waals surface area contributed by atoms with E-state index < -0.39 is 11.2 Å². The van der Waals surface area contributed by atoms with E-state index in [0.29, 0.717) is 0 Å². The molecule has 52 valence electrons. The molecule has 0 aromatic heterocycles. The highest BCUT2D eigenvalue weighted by Crippen LogP contribution is 2.27. The van der Waals surface area contributed by atoms with E-state index in [-0.39, 0.29) is 12.4 Å². The van der Waals surface area contributed by atoms with Gasteiger partial charge >= 0.3 is 6.18 Å². The molecule has 0 saturated carbocycles. The van der Waals surface area contributed by atoms with Gasteiger partial charge in [-0.1, -0.05) is 11.6 Å². The van der Waals surface area contributed by atoms with Gasteiger partial charge in [-0.05, 0) is 0 Å². The molecule has 0 saturated heterocycles. The van der Waals surface area contributed by atoms with Gasteiger partial charge in [0, 0.05) is 6.08 Å². The van der Waals surface area contributed by atoms with Gasteiger partial charge in [-0.15, -0.1) is 0 Å². The SMILES string of the molecule is O=CC=C(Cl)C(F)(F)F. The van der Waals surface area contributed by atoms with Gasteiger partial charge in [0.2, 0.25) is 0 Å². The van der Waals surface area contributed by atoms with Crippen LogP contribution < -0.4 is 0 Å². The Morgan fingerprint density at radius 2 is 1.89 bits per heavy atom. The summed E-state index contributed by atoms with van der Waals surface area (Å²) in [5, 5.41) is -1.41. The molecule has 5 heteroatoms. The molecule has 0 fully saturated rings. The topological polar surface area (TPSA) is 17.1 Å². The molecule has 0 aromatic rings. The average Bonchev–Trinajstić information content (AvgIpc) is 1.64. The summed E-state index contributed by atoms with van der Waals surface area (Å²) in [5.74, 6) is 0. The molecule has 0 radical (unpaired) electrons. The lowest BCUT2D eigenvalue weighted by atomic mass is 10.5. The van der Waals surface area contributed by atoms with Crippen molar-refractivity contribution in [1.29, 1.82) is 0 Å². The molecule has 9 heavy (non-hydrogen) atoms. The van der Waals surface area contributed by atoms with Crippen molar-refractivity contribution in [3.05, 3.63) is 11.1 Å². The van der Waals surface area contributed by atoms with Gasteiger partial charge in [-0.25, -0.2) is 0 Å². The summed E-state index contributed by atoms with van der Waals surface area (Å²) in [6, 6.07) is 0. The van der Waals surface area contributed by atoms with Crippen LogP contribution >= 0.6 is 11.6 Å². The zero-order chi connectivity index (χ0) is 7.49. The largest absolute Gasteiger partial charge is 0.427 e. The summed E-state index contributed by atoms with van der Waals surface area (Å²) < 4.78 is 33.8. The van der Waals surface area contributed by atoms with Crippen LogP contribution in [0.25, 0.3) is 0 Å². The van der Waals surface area contributed by atoms with Gasteiger partial charge in [0.05, 0.1) is 0 Å². The monoisotopic (exact) mass is 158 g/mol. The molecule has 0 rings (SSSR count). The van der Waals surface area contributed by atoms with Crippen molar-refractivity contribution in [2.24, 2.45) is 0 Å².